The van der Waals surface area contributed by atoms with E-state index in [1.54, 1.807) is 6.07 Å². The van der Waals surface area contributed by atoms with E-state index in [4.69, 9.17) is 21.1 Å². The molecule has 27 heavy (non-hydrogen) atoms. The molecule has 1 N–H and O–H groups in total. The molecule has 7 heteroatoms. The lowest BCUT2D eigenvalue weighted by molar-refractivity contribution is 0.0634. The van der Waals surface area contributed by atoms with Crippen molar-refractivity contribution in [3.63, 3.8) is 0 Å². The summed E-state index contributed by atoms with van der Waals surface area (Å²) in [5, 5.41) is 4.04. The van der Waals surface area contributed by atoms with Crippen molar-refractivity contribution in [2.45, 2.75) is 12.5 Å². The van der Waals surface area contributed by atoms with Crippen LogP contribution in [-0.2, 0) is 0 Å². The van der Waals surface area contributed by atoms with E-state index in [9.17, 15) is 4.79 Å². The quantitative estimate of drug-likeness (QED) is 0.822. The summed E-state index contributed by atoms with van der Waals surface area (Å²) in [5.74, 6) is 1.33. The highest BCUT2D eigenvalue weighted by Crippen LogP contribution is 2.32. The number of halogens is 2. The third kappa shape index (κ3) is 4.32. The van der Waals surface area contributed by atoms with Gasteiger partial charge < -0.3 is 19.7 Å². The van der Waals surface area contributed by atoms with Gasteiger partial charge in [-0.1, -0.05) is 23.7 Å². The minimum atomic E-state index is -0.0501. The van der Waals surface area contributed by atoms with Crippen LogP contribution < -0.4 is 14.8 Å². The third-order valence-corrected chi connectivity index (χ3v) is 4.97. The van der Waals surface area contributed by atoms with Crippen LogP contribution in [0.5, 0.6) is 11.5 Å². The maximum atomic E-state index is 13.2. The highest BCUT2D eigenvalue weighted by Gasteiger charge is 2.29. The van der Waals surface area contributed by atoms with E-state index in [-0.39, 0.29) is 24.4 Å². The van der Waals surface area contributed by atoms with Gasteiger partial charge in [0.2, 0.25) is 0 Å². The third-order valence-electron chi connectivity index (χ3n) is 4.73. The summed E-state index contributed by atoms with van der Waals surface area (Å²) in [5.41, 5.74) is 1.65. The molecule has 1 saturated heterocycles. The zero-order valence-corrected chi connectivity index (χ0v) is 16.4. The van der Waals surface area contributed by atoms with Crippen LogP contribution in [0.2, 0.25) is 5.02 Å². The monoisotopic (exact) mass is 408 g/mol. The summed E-state index contributed by atoms with van der Waals surface area (Å²) >= 11 is 6.15. The Balaban J connectivity index is 0.00000210. The summed E-state index contributed by atoms with van der Waals surface area (Å²) in [4.78, 5) is 15.1. The van der Waals surface area contributed by atoms with Crippen molar-refractivity contribution in [3.05, 3.63) is 58.6 Å². The lowest BCUT2D eigenvalue weighted by atomic mass is 10.0. The Morgan fingerprint density at radius 1 is 1.11 bits per heavy atom. The van der Waals surface area contributed by atoms with E-state index in [0.717, 1.165) is 18.5 Å². The Morgan fingerprint density at radius 2 is 1.93 bits per heavy atom. The fraction of sp³-hybridized carbons (Fsp3) is 0.350. The summed E-state index contributed by atoms with van der Waals surface area (Å²) in [6.45, 7) is 3.35. The number of hydrogen-bond donors (Lipinski definition) is 1. The van der Waals surface area contributed by atoms with Gasteiger partial charge in [0.15, 0.2) is 11.5 Å². The number of carbonyl (C=O) groups excluding carboxylic acids is 1. The topological polar surface area (TPSA) is 50.8 Å². The van der Waals surface area contributed by atoms with Crippen LogP contribution >= 0.6 is 24.0 Å². The second-order valence-corrected chi connectivity index (χ2v) is 6.92. The van der Waals surface area contributed by atoms with Crippen LogP contribution in [0.15, 0.2) is 42.5 Å². The van der Waals surface area contributed by atoms with E-state index >= 15 is 0 Å². The van der Waals surface area contributed by atoms with Gasteiger partial charge in [0.05, 0.1) is 19.3 Å². The number of nitrogens with one attached hydrogen (secondary N) is 1. The van der Waals surface area contributed by atoms with Gasteiger partial charge in [0.1, 0.15) is 0 Å². The molecule has 1 atom stereocenters. The van der Waals surface area contributed by atoms with Gasteiger partial charge in [-0.05, 0) is 35.9 Å². The van der Waals surface area contributed by atoms with Crippen molar-refractivity contribution in [1.29, 1.82) is 0 Å². The maximum Gasteiger partial charge on any atom is 0.254 e. The predicted molar refractivity (Wildman–Crippen MR) is 107 cm³/mol. The summed E-state index contributed by atoms with van der Waals surface area (Å²) in [6, 6.07) is 13.1. The average Bonchev–Trinajstić information content (AvgIpc) is 2.92. The number of hydrogen-bond acceptors (Lipinski definition) is 4. The maximum absolute atomic E-state index is 13.2. The first-order chi connectivity index (χ1) is 12.7. The second-order valence-electron chi connectivity index (χ2n) is 6.49. The molecule has 0 aliphatic carbocycles. The minimum Gasteiger partial charge on any atom is -0.490 e. The number of nitrogens with zero attached hydrogens (tertiary/aromatic N) is 1. The molecule has 0 aromatic heterocycles. The first-order valence-corrected chi connectivity index (χ1v) is 9.27. The van der Waals surface area contributed by atoms with Crippen molar-refractivity contribution < 1.29 is 14.3 Å². The lowest BCUT2D eigenvalue weighted by Crippen LogP contribution is -2.48. The minimum absolute atomic E-state index is 0. The molecule has 2 aromatic rings. The van der Waals surface area contributed by atoms with E-state index in [1.807, 2.05) is 41.3 Å². The Bertz CT molecular complexity index is 816. The first kappa shape index (κ1) is 19.8. The van der Waals surface area contributed by atoms with Crippen molar-refractivity contribution in [2.75, 3.05) is 32.8 Å². The SMILES string of the molecule is Cl.O=C(c1ccc2c(c1)OCCCO2)N1CCNCC1c1cccc(Cl)c1. The van der Waals surface area contributed by atoms with Gasteiger partial charge in [-0.2, -0.15) is 0 Å². The zero-order valence-electron chi connectivity index (χ0n) is 14.8. The van der Waals surface area contributed by atoms with E-state index in [2.05, 4.69) is 5.32 Å². The molecule has 1 fully saturated rings. The summed E-state index contributed by atoms with van der Waals surface area (Å²) in [7, 11) is 0. The highest BCUT2D eigenvalue weighted by atomic mass is 35.5. The molecule has 0 bridgehead atoms. The number of fused-ring (bicyclic) bond motifs is 1. The summed E-state index contributed by atoms with van der Waals surface area (Å²) in [6.07, 6.45) is 0.840. The van der Waals surface area contributed by atoms with Crippen LogP contribution in [0, 0.1) is 0 Å². The van der Waals surface area contributed by atoms with Gasteiger partial charge in [0.25, 0.3) is 5.91 Å². The molecule has 2 aliphatic heterocycles. The number of rotatable bonds is 2. The van der Waals surface area contributed by atoms with Gasteiger partial charge >= 0.3 is 0 Å². The molecule has 1 unspecified atom stereocenters. The van der Waals surface area contributed by atoms with Gasteiger partial charge in [-0.25, -0.2) is 0 Å². The van der Waals surface area contributed by atoms with Crippen molar-refractivity contribution >= 4 is 29.9 Å². The molecule has 1 amide bonds. The Labute approximate surface area is 170 Å². The molecule has 0 spiro atoms. The molecule has 2 aliphatic rings. The van der Waals surface area contributed by atoms with Crippen LogP contribution in [0.4, 0.5) is 0 Å². The van der Waals surface area contributed by atoms with Crippen LogP contribution in [0.3, 0.4) is 0 Å². The van der Waals surface area contributed by atoms with Crippen molar-refractivity contribution in [2.24, 2.45) is 0 Å². The highest BCUT2D eigenvalue weighted by molar-refractivity contribution is 6.30. The van der Waals surface area contributed by atoms with Crippen LogP contribution in [-0.4, -0.2) is 43.7 Å². The van der Waals surface area contributed by atoms with Crippen LogP contribution in [0.25, 0.3) is 0 Å². The van der Waals surface area contributed by atoms with Gasteiger partial charge in [0, 0.05) is 36.6 Å². The van der Waals surface area contributed by atoms with E-state index in [1.165, 1.54) is 0 Å². The van der Waals surface area contributed by atoms with Crippen LogP contribution in [0.1, 0.15) is 28.4 Å². The molecular formula is C20H22Cl2N2O3. The average molecular weight is 409 g/mol. The molecule has 2 aromatic carbocycles. The molecule has 4 rings (SSSR count). The van der Waals surface area contributed by atoms with E-state index in [0.29, 0.717) is 48.4 Å². The number of carbonyl (C=O) groups is 1. The number of amides is 1. The largest absolute Gasteiger partial charge is 0.490 e. The van der Waals surface area contributed by atoms with Crippen molar-refractivity contribution in [3.8, 4) is 11.5 Å². The normalized spacial score (nSPS) is 19.0. The molecule has 144 valence electrons. The second kappa shape index (κ2) is 8.83. The predicted octanol–water partition coefficient (Wildman–Crippen LogP) is 3.71. The molecule has 0 saturated carbocycles. The van der Waals surface area contributed by atoms with E-state index < -0.39 is 0 Å². The zero-order chi connectivity index (χ0) is 17.9. The fourth-order valence-electron chi connectivity index (χ4n) is 3.42. The fourth-order valence-corrected chi connectivity index (χ4v) is 3.62. The Morgan fingerprint density at radius 3 is 2.74 bits per heavy atom. The first-order valence-electron chi connectivity index (χ1n) is 8.89. The molecule has 5 nitrogen and oxygen atoms in total. The molecule has 0 radical (unpaired) electrons. The van der Waals surface area contributed by atoms with Gasteiger partial charge in [-0.15, -0.1) is 12.4 Å². The smallest absolute Gasteiger partial charge is 0.254 e. The van der Waals surface area contributed by atoms with Gasteiger partial charge in [-0.3, -0.25) is 4.79 Å². The standard InChI is InChI=1S/C20H21ClN2O3.ClH/c21-16-4-1-3-14(11-16)17-13-22-7-8-23(17)20(24)15-5-6-18-19(12-15)26-10-2-9-25-18;/h1,3-6,11-12,17,22H,2,7-10,13H2;1H. The Hall–Kier alpha value is -1.95. The summed E-state index contributed by atoms with van der Waals surface area (Å²) < 4.78 is 11.4. The molecular weight excluding hydrogens is 387 g/mol. The van der Waals surface area contributed by atoms with Crippen molar-refractivity contribution in [1.82, 2.24) is 10.2 Å². The Kier molecular flexibility index (Phi) is 6.47. The lowest BCUT2D eigenvalue weighted by Gasteiger charge is -2.36. The molecule has 2 heterocycles. The number of benzene rings is 2. The number of ether oxygens (including phenoxy) is 2. The number of piperazine rings is 1.